The lowest BCUT2D eigenvalue weighted by Gasteiger charge is -2.17. The highest BCUT2D eigenvalue weighted by Gasteiger charge is 2.20. The highest BCUT2D eigenvalue weighted by Crippen LogP contribution is 2.14. The first-order valence-electron chi connectivity index (χ1n) is 6.16. The van der Waals surface area contributed by atoms with Gasteiger partial charge in [0.25, 0.3) is 0 Å². The van der Waals surface area contributed by atoms with Crippen molar-refractivity contribution in [2.45, 2.75) is 58.5 Å². The zero-order valence-corrected chi connectivity index (χ0v) is 10.7. The van der Waals surface area contributed by atoms with Gasteiger partial charge in [-0.05, 0) is 12.8 Å². The van der Waals surface area contributed by atoms with Crippen LogP contribution in [0.1, 0.15) is 52.4 Å². The summed E-state index contributed by atoms with van der Waals surface area (Å²) in [6.07, 6.45) is 5.39. The second-order valence-electron chi connectivity index (χ2n) is 4.10. The van der Waals surface area contributed by atoms with Crippen LogP contribution in [-0.4, -0.2) is 23.1 Å². The largest absolute Gasteiger partial charge is 0.477 e. The summed E-state index contributed by atoms with van der Waals surface area (Å²) in [5.74, 6) is -2.13. The highest BCUT2D eigenvalue weighted by atomic mass is 16.5. The third kappa shape index (κ3) is 6.76. The molecule has 0 radical (unpaired) electrons. The fraction of sp³-hybridized carbons (Fsp3) is 0.692. The van der Waals surface area contributed by atoms with Crippen molar-refractivity contribution in [1.82, 2.24) is 0 Å². The average Bonchev–Trinajstić information content (AvgIpc) is 2.31. The lowest BCUT2D eigenvalue weighted by Crippen LogP contribution is -2.22. The van der Waals surface area contributed by atoms with Crippen LogP contribution in [0.25, 0.3) is 0 Å². The number of carbonyl (C=O) groups excluding carboxylic acids is 1. The van der Waals surface area contributed by atoms with E-state index in [1.54, 1.807) is 0 Å². The quantitative estimate of drug-likeness (QED) is 0.292. The Morgan fingerprint density at radius 3 is 2.00 bits per heavy atom. The van der Waals surface area contributed by atoms with Gasteiger partial charge in [-0.1, -0.05) is 46.1 Å². The molecular formula is C13H22O4. The van der Waals surface area contributed by atoms with Gasteiger partial charge in [-0.3, -0.25) is 0 Å². The molecule has 0 heterocycles. The van der Waals surface area contributed by atoms with Crippen LogP contribution in [0.4, 0.5) is 0 Å². The van der Waals surface area contributed by atoms with Crippen LogP contribution in [0.15, 0.2) is 12.2 Å². The Bertz CT molecular complexity index is 263. The SMILES string of the molecule is C=C(C(=O)O)C(=O)OC(CCCC)CCCC. The van der Waals surface area contributed by atoms with Crippen molar-refractivity contribution < 1.29 is 19.4 Å². The van der Waals surface area contributed by atoms with Gasteiger partial charge in [0.2, 0.25) is 0 Å². The molecule has 98 valence electrons. The van der Waals surface area contributed by atoms with Gasteiger partial charge < -0.3 is 9.84 Å². The first-order valence-corrected chi connectivity index (χ1v) is 6.16. The van der Waals surface area contributed by atoms with E-state index >= 15 is 0 Å². The van der Waals surface area contributed by atoms with Crippen LogP contribution in [-0.2, 0) is 14.3 Å². The summed E-state index contributed by atoms with van der Waals surface area (Å²) in [5, 5.41) is 8.62. The van der Waals surface area contributed by atoms with Crippen molar-refractivity contribution in [3.63, 3.8) is 0 Å². The third-order valence-corrected chi connectivity index (χ3v) is 2.54. The molecule has 0 aromatic heterocycles. The van der Waals surface area contributed by atoms with E-state index in [1.807, 2.05) is 0 Å². The summed E-state index contributed by atoms with van der Waals surface area (Å²) >= 11 is 0. The molecule has 0 aromatic rings. The van der Waals surface area contributed by atoms with Crippen LogP contribution < -0.4 is 0 Å². The summed E-state index contributed by atoms with van der Waals surface area (Å²) < 4.78 is 5.16. The molecule has 0 unspecified atom stereocenters. The van der Waals surface area contributed by atoms with Crippen molar-refractivity contribution in [3.8, 4) is 0 Å². The number of unbranched alkanes of at least 4 members (excludes halogenated alkanes) is 2. The molecule has 0 saturated heterocycles. The molecule has 0 aromatic carbocycles. The van der Waals surface area contributed by atoms with Crippen LogP contribution >= 0.6 is 0 Å². The molecule has 17 heavy (non-hydrogen) atoms. The predicted octanol–water partition coefficient (Wildman–Crippen LogP) is 2.92. The molecule has 0 aliphatic heterocycles. The minimum Gasteiger partial charge on any atom is -0.477 e. The van der Waals surface area contributed by atoms with Gasteiger partial charge in [0.15, 0.2) is 0 Å². The summed E-state index contributed by atoms with van der Waals surface area (Å²) in [5.41, 5.74) is -0.497. The molecule has 0 saturated carbocycles. The standard InChI is InChI=1S/C13H22O4/c1-4-6-8-11(9-7-5-2)17-13(16)10(3)12(14)15/h11H,3-9H2,1-2H3,(H,14,15). The lowest BCUT2D eigenvalue weighted by molar-refractivity contribution is -0.148. The van der Waals surface area contributed by atoms with E-state index in [1.165, 1.54) is 0 Å². The molecule has 0 aliphatic rings. The Labute approximate surface area is 103 Å². The molecular weight excluding hydrogens is 220 g/mol. The second kappa shape index (κ2) is 8.79. The number of carboxylic acid groups (broad SMARTS) is 1. The molecule has 4 heteroatoms. The normalized spacial score (nSPS) is 10.3. The van der Waals surface area contributed by atoms with Crippen LogP contribution in [0.3, 0.4) is 0 Å². The number of aliphatic carboxylic acids is 1. The number of ether oxygens (including phenoxy) is 1. The Balaban J connectivity index is 4.25. The zero-order chi connectivity index (χ0) is 13.3. The first-order chi connectivity index (χ1) is 8.02. The van der Waals surface area contributed by atoms with Gasteiger partial charge in [0.1, 0.15) is 11.7 Å². The first kappa shape index (κ1) is 15.7. The Hall–Kier alpha value is -1.32. The minimum atomic E-state index is -1.32. The summed E-state index contributed by atoms with van der Waals surface area (Å²) in [7, 11) is 0. The van der Waals surface area contributed by atoms with E-state index in [2.05, 4.69) is 20.4 Å². The van der Waals surface area contributed by atoms with Crippen molar-refractivity contribution in [1.29, 1.82) is 0 Å². The molecule has 0 atom stereocenters. The van der Waals surface area contributed by atoms with E-state index < -0.39 is 17.5 Å². The Morgan fingerprint density at radius 1 is 1.18 bits per heavy atom. The van der Waals surface area contributed by atoms with E-state index in [-0.39, 0.29) is 6.10 Å². The predicted molar refractivity (Wildman–Crippen MR) is 65.7 cm³/mol. The molecule has 0 bridgehead atoms. The maximum atomic E-state index is 11.4. The van der Waals surface area contributed by atoms with Crippen molar-refractivity contribution in [2.24, 2.45) is 0 Å². The van der Waals surface area contributed by atoms with E-state index in [9.17, 15) is 9.59 Å². The van der Waals surface area contributed by atoms with Gasteiger partial charge in [0.05, 0.1) is 0 Å². The van der Waals surface area contributed by atoms with Crippen LogP contribution in [0.2, 0.25) is 0 Å². The van der Waals surface area contributed by atoms with Crippen molar-refractivity contribution >= 4 is 11.9 Å². The number of hydrogen-bond donors (Lipinski definition) is 1. The third-order valence-electron chi connectivity index (χ3n) is 2.54. The number of carboxylic acids is 1. The van der Waals surface area contributed by atoms with E-state index in [0.29, 0.717) is 0 Å². The van der Waals surface area contributed by atoms with Crippen LogP contribution in [0, 0.1) is 0 Å². The topological polar surface area (TPSA) is 63.6 Å². The summed E-state index contributed by atoms with van der Waals surface area (Å²) in [6.45, 7) is 7.32. The van der Waals surface area contributed by atoms with E-state index in [4.69, 9.17) is 9.84 Å². The molecule has 0 aliphatic carbocycles. The lowest BCUT2D eigenvalue weighted by atomic mass is 10.1. The average molecular weight is 242 g/mol. The molecule has 0 amide bonds. The Morgan fingerprint density at radius 2 is 1.65 bits per heavy atom. The fourth-order valence-electron chi connectivity index (χ4n) is 1.44. The highest BCUT2D eigenvalue weighted by molar-refractivity contribution is 6.12. The Kier molecular flexibility index (Phi) is 8.11. The van der Waals surface area contributed by atoms with Gasteiger partial charge in [-0.2, -0.15) is 0 Å². The summed E-state index contributed by atoms with van der Waals surface area (Å²) in [4.78, 5) is 22.0. The molecule has 0 rings (SSSR count). The van der Waals surface area contributed by atoms with E-state index in [0.717, 1.165) is 38.5 Å². The monoisotopic (exact) mass is 242 g/mol. The molecule has 0 fully saturated rings. The molecule has 4 nitrogen and oxygen atoms in total. The van der Waals surface area contributed by atoms with Gasteiger partial charge in [-0.15, -0.1) is 0 Å². The van der Waals surface area contributed by atoms with Crippen molar-refractivity contribution in [3.05, 3.63) is 12.2 Å². The van der Waals surface area contributed by atoms with Crippen LogP contribution in [0.5, 0.6) is 0 Å². The van der Waals surface area contributed by atoms with Crippen molar-refractivity contribution in [2.75, 3.05) is 0 Å². The maximum absolute atomic E-state index is 11.4. The number of esters is 1. The number of hydrogen-bond acceptors (Lipinski definition) is 3. The van der Waals surface area contributed by atoms with Gasteiger partial charge in [0, 0.05) is 0 Å². The summed E-state index contributed by atoms with van der Waals surface area (Å²) in [6, 6.07) is 0. The second-order valence-corrected chi connectivity index (χ2v) is 4.10. The maximum Gasteiger partial charge on any atom is 0.345 e. The number of rotatable bonds is 9. The van der Waals surface area contributed by atoms with Gasteiger partial charge in [-0.25, -0.2) is 9.59 Å². The minimum absolute atomic E-state index is 0.182. The molecule has 0 spiro atoms. The molecule has 1 N–H and O–H groups in total. The van der Waals surface area contributed by atoms with Gasteiger partial charge >= 0.3 is 11.9 Å². The number of carbonyl (C=O) groups is 2. The fourth-order valence-corrected chi connectivity index (χ4v) is 1.44. The zero-order valence-electron chi connectivity index (χ0n) is 10.7. The smallest absolute Gasteiger partial charge is 0.345 e.